The van der Waals surface area contributed by atoms with Gasteiger partial charge < -0.3 is 10.4 Å². The minimum Gasteiger partial charge on any atom is -0.330 e. The molecule has 0 radical (unpaired) electrons. The molecule has 2 aromatic carbocycles. The number of rotatable bonds is 6. The molecule has 0 amide bonds. The van der Waals surface area contributed by atoms with E-state index < -0.39 is 0 Å². The lowest BCUT2D eigenvalue weighted by atomic mass is 10.1. The third-order valence-electron chi connectivity index (χ3n) is 4.97. The second kappa shape index (κ2) is 9.49. The summed E-state index contributed by atoms with van der Waals surface area (Å²) in [5, 5.41) is 15.4. The van der Waals surface area contributed by atoms with Crippen molar-refractivity contribution in [1.82, 2.24) is 14.5 Å². The fourth-order valence-corrected chi connectivity index (χ4v) is 3.64. The van der Waals surface area contributed by atoms with E-state index in [4.69, 9.17) is 22.9 Å². The van der Waals surface area contributed by atoms with Gasteiger partial charge in [-0.1, -0.05) is 35.0 Å². The summed E-state index contributed by atoms with van der Waals surface area (Å²) in [6.45, 7) is 0.611. The van der Waals surface area contributed by atoms with Gasteiger partial charge >= 0.3 is 0 Å². The Morgan fingerprint density at radius 2 is 1.88 bits per heavy atom. The maximum Gasteiger partial charge on any atom is 0.176 e. The van der Waals surface area contributed by atoms with E-state index in [1.807, 2.05) is 28.8 Å². The van der Waals surface area contributed by atoms with E-state index in [1.54, 1.807) is 36.8 Å². The molecule has 0 unspecified atom stereocenters. The predicted molar refractivity (Wildman–Crippen MR) is 122 cm³/mol. The minimum atomic E-state index is -0.321. The molecular weight excluding hydrogens is 429 g/mol. The largest absolute Gasteiger partial charge is 0.330 e. The topological polar surface area (TPSA) is 105 Å². The first-order valence-electron chi connectivity index (χ1n) is 9.77. The number of hydrogen-bond donors (Lipinski definition) is 2. The van der Waals surface area contributed by atoms with Gasteiger partial charge in [0.25, 0.3) is 0 Å². The molecule has 7 nitrogen and oxygen atoms in total. The van der Waals surface area contributed by atoms with Crippen molar-refractivity contribution in [3.8, 4) is 22.6 Å². The quantitative estimate of drug-likeness (QED) is 0.138. The summed E-state index contributed by atoms with van der Waals surface area (Å²) in [6.07, 6.45) is 3.99. The summed E-state index contributed by atoms with van der Waals surface area (Å²) in [7, 11) is 0. The number of amidine groups is 1. The molecular formula is C23H19ClFN7. The van der Waals surface area contributed by atoms with Crippen LogP contribution in [0.3, 0.4) is 0 Å². The van der Waals surface area contributed by atoms with E-state index in [2.05, 4.69) is 20.3 Å². The number of nitrogens with zero attached hydrogens (tertiary/aromatic N) is 5. The highest BCUT2D eigenvalue weighted by atomic mass is 35.5. The van der Waals surface area contributed by atoms with Crippen LogP contribution in [-0.2, 0) is 13.0 Å². The lowest BCUT2D eigenvalue weighted by molar-refractivity contribution is 0.628. The maximum absolute atomic E-state index is 13.6. The number of hydrogen-bond acceptors (Lipinski definition) is 4. The van der Waals surface area contributed by atoms with Gasteiger partial charge in [-0.2, -0.15) is 0 Å². The molecule has 0 bridgehead atoms. The molecule has 9 heteroatoms. The highest BCUT2D eigenvalue weighted by Crippen LogP contribution is 2.31. The molecule has 4 rings (SSSR count). The van der Waals surface area contributed by atoms with E-state index in [-0.39, 0.29) is 11.7 Å². The van der Waals surface area contributed by atoms with Crippen LogP contribution >= 0.6 is 11.6 Å². The molecule has 0 saturated heterocycles. The van der Waals surface area contributed by atoms with Crippen LogP contribution in [0.25, 0.3) is 22.6 Å². The lowest BCUT2D eigenvalue weighted by Gasteiger charge is -2.12. The van der Waals surface area contributed by atoms with Crippen LogP contribution in [0.2, 0.25) is 5.02 Å². The number of nitrogens with two attached hydrogens (primary N) is 1. The summed E-state index contributed by atoms with van der Waals surface area (Å²) in [4.78, 5) is 9.02. The zero-order chi connectivity index (χ0) is 22.5. The van der Waals surface area contributed by atoms with Gasteiger partial charge in [-0.05, 0) is 54.4 Å². The molecule has 2 heterocycles. The van der Waals surface area contributed by atoms with Gasteiger partial charge in [0.15, 0.2) is 5.84 Å². The third-order valence-corrected chi connectivity index (χ3v) is 5.34. The van der Waals surface area contributed by atoms with Crippen molar-refractivity contribution in [2.45, 2.75) is 13.0 Å². The minimum absolute atomic E-state index is 0.0855. The summed E-state index contributed by atoms with van der Waals surface area (Å²) < 4.78 is 15.6. The van der Waals surface area contributed by atoms with Gasteiger partial charge in [0.2, 0.25) is 0 Å². The highest BCUT2D eigenvalue weighted by Gasteiger charge is 2.17. The van der Waals surface area contributed by atoms with Gasteiger partial charge in [0.05, 0.1) is 17.7 Å². The summed E-state index contributed by atoms with van der Waals surface area (Å²) in [6, 6.07) is 17.3. The normalized spacial score (nSPS) is 11.2. The Hall–Kier alpha value is -3.91. The van der Waals surface area contributed by atoms with Crippen molar-refractivity contribution in [2.75, 3.05) is 0 Å². The SMILES string of the molecule is N=C(/N=N\N)c1ccnc(-c2ncn(CCc3ccccc3Cl)c2-c2ccc(F)cc2)c1. The summed E-state index contributed by atoms with van der Waals surface area (Å²) >= 11 is 6.32. The standard InChI is InChI=1S/C23H19ClFN7/c24-19-4-2-1-3-15(19)10-12-32-14-29-21(22(32)16-5-7-18(25)8-6-16)20-13-17(9-11-28-20)23(26)30-31-27/h1-9,11,13-14H,10,12H2,(H3,26,27,30). The van der Waals surface area contributed by atoms with Crippen molar-refractivity contribution in [3.05, 3.63) is 95.2 Å². The van der Waals surface area contributed by atoms with Gasteiger partial charge in [0, 0.05) is 28.9 Å². The predicted octanol–water partition coefficient (Wildman–Crippen LogP) is 5.30. The maximum atomic E-state index is 13.6. The Balaban J connectivity index is 1.76. The van der Waals surface area contributed by atoms with E-state index >= 15 is 0 Å². The van der Waals surface area contributed by atoms with E-state index in [1.165, 1.54) is 12.1 Å². The van der Waals surface area contributed by atoms with E-state index in [0.29, 0.717) is 34.9 Å². The molecule has 0 atom stereocenters. The highest BCUT2D eigenvalue weighted by molar-refractivity contribution is 6.31. The van der Waals surface area contributed by atoms with E-state index in [0.717, 1.165) is 16.8 Å². The zero-order valence-corrected chi connectivity index (χ0v) is 17.7. The number of benzene rings is 2. The number of halogens is 2. The molecule has 0 spiro atoms. The molecule has 4 aromatic rings. The van der Waals surface area contributed by atoms with Crippen molar-refractivity contribution >= 4 is 17.4 Å². The van der Waals surface area contributed by atoms with E-state index in [9.17, 15) is 4.39 Å². The Kier molecular flexibility index (Phi) is 6.32. The van der Waals surface area contributed by atoms with Gasteiger partial charge in [-0.25, -0.2) is 9.37 Å². The average molecular weight is 448 g/mol. The smallest absolute Gasteiger partial charge is 0.176 e. The number of pyridine rings is 1. The average Bonchev–Trinajstić information content (AvgIpc) is 3.23. The first kappa shape index (κ1) is 21.3. The molecule has 0 aliphatic carbocycles. The monoisotopic (exact) mass is 447 g/mol. The molecule has 160 valence electrons. The van der Waals surface area contributed by atoms with Gasteiger partial charge in [0.1, 0.15) is 11.5 Å². The van der Waals surface area contributed by atoms with Crippen LogP contribution in [-0.4, -0.2) is 20.4 Å². The molecule has 0 aliphatic rings. The summed E-state index contributed by atoms with van der Waals surface area (Å²) in [5.74, 6) is 4.66. The van der Waals surface area contributed by atoms with Crippen LogP contribution in [0.15, 0.2) is 83.5 Å². The second-order valence-corrected chi connectivity index (χ2v) is 7.38. The second-order valence-electron chi connectivity index (χ2n) is 6.98. The van der Waals surface area contributed by atoms with Crippen LogP contribution in [0.1, 0.15) is 11.1 Å². The fourth-order valence-electron chi connectivity index (χ4n) is 3.41. The first-order chi connectivity index (χ1) is 15.6. The zero-order valence-electron chi connectivity index (χ0n) is 16.9. The van der Waals surface area contributed by atoms with Crippen LogP contribution in [0.5, 0.6) is 0 Å². The Bertz CT molecular complexity index is 1280. The molecule has 32 heavy (non-hydrogen) atoms. The van der Waals surface area contributed by atoms with Crippen molar-refractivity contribution in [3.63, 3.8) is 0 Å². The molecule has 0 fully saturated rings. The number of imidazole rings is 1. The number of aromatic nitrogens is 3. The molecule has 3 N–H and O–H groups in total. The molecule has 2 aromatic heterocycles. The van der Waals surface area contributed by atoms with Crippen molar-refractivity contribution in [2.24, 2.45) is 16.2 Å². The summed E-state index contributed by atoms with van der Waals surface area (Å²) in [5.41, 5.74) is 4.26. The number of nitrogens with one attached hydrogen (secondary N) is 1. The fraction of sp³-hybridized carbons (Fsp3) is 0.0870. The Morgan fingerprint density at radius 1 is 1.09 bits per heavy atom. The first-order valence-corrected chi connectivity index (χ1v) is 10.2. The Morgan fingerprint density at radius 3 is 2.62 bits per heavy atom. The number of aryl methyl sites for hydroxylation is 2. The van der Waals surface area contributed by atoms with Crippen molar-refractivity contribution in [1.29, 1.82) is 5.41 Å². The van der Waals surface area contributed by atoms with Crippen LogP contribution in [0, 0.1) is 11.2 Å². The van der Waals surface area contributed by atoms with Gasteiger partial charge in [-0.15, -0.1) is 5.11 Å². The van der Waals surface area contributed by atoms with Crippen LogP contribution < -0.4 is 5.84 Å². The molecule has 0 aliphatic heterocycles. The molecule has 0 saturated carbocycles. The van der Waals surface area contributed by atoms with Crippen LogP contribution in [0.4, 0.5) is 4.39 Å². The Labute approximate surface area is 188 Å². The van der Waals surface area contributed by atoms with Gasteiger partial charge in [-0.3, -0.25) is 10.4 Å². The van der Waals surface area contributed by atoms with Crippen molar-refractivity contribution < 1.29 is 4.39 Å². The third kappa shape index (κ3) is 4.55. The lowest BCUT2D eigenvalue weighted by Crippen LogP contribution is -2.03.